The summed E-state index contributed by atoms with van der Waals surface area (Å²) in [5, 5.41) is 11.7. The molecule has 1 aromatic carbocycles. The second-order valence-electron chi connectivity index (χ2n) is 5.82. The fourth-order valence-corrected chi connectivity index (χ4v) is 3.24. The Hall–Kier alpha value is -2.47. The van der Waals surface area contributed by atoms with Gasteiger partial charge in [-0.2, -0.15) is 0 Å². The number of aliphatic carboxylic acids is 1. The number of nitrogens with one attached hydrogen (secondary N) is 1. The number of carbonyl (C=O) groups is 2. The van der Waals surface area contributed by atoms with Crippen LogP contribution in [0.2, 0.25) is 0 Å². The van der Waals surface area contributed by atoms with Crippen molar-refractivity contribution >= 4 is 39.1 Å². The molecule has 0 radical (unpaired) electrons. The molecule has 0 unspecified atom stereocenters. The highest BCUT2D eigenvalue weighted by molar-refractivity contribution is 9.10. The van der Waals surface area contributed by atoms with Gasteiger partial charge in [0.2, 0.25) is 0 Å². The summed E-state index contributed by atoms with van der Waals surface area (Å²) in [6, 6.07) is 7.44. The van der Waals surface area contributed by atoms with Gasteiger partial charge in [-0.25, -0.2) is 0 Å². The van der Waals surface area contributed by atoms with Crippen LogP contribution in [0.5, 0.6) is 0 Å². The number of carboxylic acids is 1. The number of aromatic nitrogens is 1. The van der Waals surface area contributed by atoms with Gasteiger partial charge in [0, 0.05) is 40.1 Å². The van der Waals surface area contributed by atoms with Gasteiger partial charge < -0.3 is 10.4 Å². The molecule has 0 atom stereocenters. The topological polar surface area (TPSA) is 79.3 Å². The average molecular weight is 401 g/mol. The van der Waals surface area contributed by atoms with E-state index in [4.69, 9.17) is 5.11 Å². The van der Waals surface area contributed by atoms with E-state index in [1.54, 1.807) is 18.5 Å². The molecule has 1 amide bonds. The highest BCUT2D eigenvalue weighted by Gasteiger charge is 2.23. The number of halogens is 1. The van der Waals surface area contributed by atoms with E-state index in [1.165, 1.54) is 0 Å². The monoisotopic (exact) mass is 400 g/mol. The highest BCUT2D eigenvalue weighted by atomic mass is 79.9. The Morgan fingerprint density at radius 2 is 2.04 bits per heavy atom. The van der Waals surface area contributed by atoms with Crippen LogP contribution < -0.4 is 5.32 Å². The van der Waals surface area contributed by atoms with Gasteiger partial charge in [0.1, 0.15) is 0 Å². The molecule has 1 aromatic heterocycles. The molecular formula is C19H17BrN2O3. The van der Waals surface area contributed by atoms with Crippen LogP contribution in [-0.2, 0) is 4.79 Å². The first-order valence-corrected chi connectivity index (χ1v) is 8.83. The van der Waals surface area contributed by atoms with Crippen LogP contribution in [0.1, 0.15) is 47.2 Å². The Labute approximate surface area is 153 Å². The molecule has 2 aromatic rings. The van der Waals surface area contributed by atoms with E-state index in [-0.39, 0.29) is 12.3 Å². The van der Waals surface area contributed by atoms with Crippen LogP contribution in [0, 0.1) is 0 Å². The number of pyridine rings is 1. The van der Waals surface area contributed by atoms with Crippen molar-refractivity contribution in [1.82, 2.24) is 4.98 Å². The van der Waals surface area contributed by atoms with Gasteiger partial charge >= 0.3 is 5.97 Å². The average Bonchev–Trinajstić information content (AvgIpc) is 2.70. The number of rotatable bonds is 5. The molecule has 5 nitrogen and oxygen atoms in total. The zero-order chi connectivity index (χ0) is 17.8. The Morgan fingerprint density at radius 3 is 2.84 bits per heavy atom. The number of anilines is 1. The molecule has 0 spiro atoms. The van der Waals surface area contributed by atoms with Crippen LogP contribution in [0.25, 0.3) is 5.57 Å². The molecule has 25 heavy (non-hydrogen) atoms. The highest BCUT2D eigenvalue weighted by Crippen LogP contribution is 2.36. The van der Waals surface area contributed by atoms with E-state index in [1.807, 2.05) is 18.2 Å². The molecule has 0 saturated heterocycles. The Bertz CT molecular complexity index is 861. The smallest absolute Gasteiger partial charge is 0.303 e. The molecule has 0 saturated carbocycles. The Kier molecular flexibility index (Phi) is 5.28. The third kappa shape index (κ3) is 3.96. The number of carbonyl (C=O) groups excluding carboxylic acids is 1. The molecule has 1 aliphatic heterocycles. The lowest BCUT2D eigenvalue weighted by atomic mass is 9.94. The minimum Gasteiger partial charge on any atom is -0.481 e. The normalized spacial score (nSPS) is 14.4. The number of hydrogen-bond acceptors (Lipinski definition) is 3. The lowest BCUT2D eigenvalue weighted by molar-refractivity contribution is -0.137. The summed E-state index contributed by atoms with van der Waals surface area (Å²) in [6.45, 7) is 0. The molecular weight excluding hydrogens is 384 g/mol. The predicted molar refractivity (Wildman–Crippen MR) is 99.5 cm³/mol. The maximum atomic E-state index is 12.5. The summed E-state index contributed by atoms with van der Waals surface area (Å²) in [4.78, 5) is 27.3. The van der Waals surface area contributed by atoms with Gasteiger partial charge in [-0.1, -0.05) is 22.0 Å². The second kappa shape index (κ2) is 7.61. The summed E-state index contributed by atoms with van der Waals surface area (Å²) < 4.78 is 0.921. The first-order valence-electron chi connectivity index (χ1n) is 8.04. The van der Waals surface area contributed by atoms with E-state index in [2.05, 4.69) is 32.3 Å². The molecule has 3 rings (SSSR count). The lowest BCUT2D eigenvalue weighted by Crippen LogP contribution is -2.11. The molecule has 0 fully saturated rings. The summed E-state index contributed by atoms with van der Waals surface area (Å²) in [5.74, 6) is -0.934. The Morgan fingerprint density at radius 1 is 1.20 bits per heavy atom. The van der Waals surface area contributed by atoms with Gasteiger partial charge in [-0.3, -0.25) is 14.6 Å². The fourth-order valence-electron chi connectivity index (χ4n) is 2.88. The van der Waals surface area contributed by atoms with Gasteiger partial charge in [-0.05, 0) is 49.1 Å². The standard InChI is InChI=1S/C19H17BrN2O3/c20-12-6-7-17-15(10-12)13(4-2-1-3-5-18(23)24)16-11-21-9-8-14(16)19(25)22-17/h4,6-11H,1-3,5H2,(H,22,25)(H,23,24)/b13-4+. The molecule has 1 aliphatic rings. The van der Waals surface area contributed by atoms with E-state index < -0.39 is 5.97 Å². The van der Waals surface area contributed by atoms with Gasteiger partial charge in [-0.15, -0.1) is 0 Å². The van der Waals surface area contributed by atoms with Crippen LogP contribution in [0.15, 0.2) is 47.2 Å². The number of allylic oxidation sites excluding steroid dienone is 1. The summed E-state index contributed by atoms with van der Waals surface area (Å²) >= 11 is 3.49. The number of amides is 1. The second-order valence-corrected chi connectivity index (χ2v) is 6.74. The first-order chi connectivity index (χ1) is 12.1. The van der Waals surface area contributed by atoms with Gasteiger partial charge in [0.15, 0.2) is 0 Å². The van der Waals surface area contributed by atoms with Gasteiger partial charge in [0.25, 0.3) is 5.91 Å². The van der Waals surface area contributed by atoms with E-state index in [9.17, 15) is 9.59 Å². The van der Waals surface area contributed by atoms with Crippen LogP contribution in [0.4, 0.5) is 5.69 Å². The van der Waals surface area contributed by atoms with E-state index in [0.29, 0.717) is 12.0 Å². The van der Waals surface area contributed by atoms with E-state index >= 15 is 0 Å². The number of unbranched alkanes of at least 4 members (excludes halogenated alkanes) is 2. The molecule has 0 bridgehead atoms. The van der Waals surface area contributed by atoms with Gasteiger partial charge in [0.05, 0.1) is 5.56 Å². The largest absolute Gasteiger partial charge is 0.481 e. The van der Waals surface area contributed by atoms with Crippen molar-refractivity contribution in [2.75, 3.05) is 5.32 Å². The summed E-state index contributed by atoms with van der Waals surface area (Å²) in [6.07, 6.45) is 7.68. The minimum atomic E-state index is -0.777. The molecule has 6 heteroatoms. The number of fused-ring (bicyclic) bond motifs is 2. The van der Waals surface area contributed by atoms with E-state index in [0.717, 1.165) is 39.7 Å². The molecule has 128 valence electrons. The van der Waals surface area contributed by atoms with Crippen molar-refractivity contribution in [3.05, 3.63) is 63.9 Å². The van der Waals surface area contributed by atoms with Crippen LogP contribution in [-0.4, -0.2) is 22.0 Å². The zero-order valence-corrected chi connectivity index (χ0v) is 15.0. The maximum absolute atomic E-state index is 12.5. The minimum absolute atomic E-state index is 0.157. The van der Waals surface area contributed by atoms with Crippen molar-refractivity contribution in [2.24, 2.45) is 0 Å². The number of nitrogens with zero attached hydrogens (tertiary/aromatic N) is 1. The Balaban J connectivity index is 2.00. The fraction of sp³-hybridized carbons (Fsp3) is 0.211. The van der Waals surface area contributed by atoms with Crippen molar-refractivity contribution < 1.29 is 14.7 Å². The lowest BCUT2D eigenvalue weighted by Gasteiger charge is -2.11. The van der Waals surface area contributed by atoms with Crippen molar-refractivity contribution in [1.29, 1.82) is 0 Å². The van der Waals surface area contributed by atoms with Crippen LogP contribution in [0.3, 0.4) is 0 Å². The van der Waals surface area contributed by atoms with Crippen molar-refractivity contribution in [3.8, 4) is 0 Å². The number of hydrogen-bond donors (Lipinski definition) is 2. The number of carboxylic acid groups (broad SMARTS) is 1. The number of benzene rings is 1. The first kappa shape index (κ1) is 17.4. The summed E-state index contributed by atoms with van der Waals surface area (Å²) in [7, 11) is 0. The SMILES string of the molecule is O=C(O)CCCC/C=C1\c2cc(Br)ccc2NC(=O)c2ccncc21. The van der Waals surface area contributed by atoms with Crippen molar-refractivity contribution in [2.45, 2.75) is 25.7 Å². The van der Waals surface area contributed by atoms with Crippen LogP contribution >= 0.6 is 15.9 Å². The third-order valence-electron chi connectivity index (χ3n) is 4.07. The maximum Gasteiger partial charge on any atom is 0.303 e. The quantitative estimate of drug-likeness (QED) is 0.724. The molecule has 2 heterocycles. The third-order valence-corrected chi connectivity index (χ3v) is 4.56. The summed E-state index contributed by atoms with van der Waals surface area (Å²) in [5.41, 5.74) is 3.98. The van der Waals surface area contributed by atoms with Crippen molar-refractivity contribution in [3.63, 3.8) is 0 Å². The molecule has 0 aliphatic carbocycles. The zero-order valence-electron chi connectivity index (χ0n) is 13.5. The molecule has 2 N–H and O–H groups in total. The predicted octanol–water partition coefficient (Wildman–Crippen LogP) is 4.49.